The Bertz CT molecular complexity index is 363. The number of nitrogens with zero attached hydrogens (tertiary/aromatic N) is 1. The number of benzene rings is 1. The summed E-state index contributed by atoms with van der Waals surface area (Å²) in [6.07, 6.45) is 1.57. The molecule has 1 aromatic rings. The average molecular weight is 248 g/mol. The zero-order chi connectivity index (χ0) is 13.0. The molecule has 3 nitrogen and oxygen atoms in total. The molecule has 0 spiro atoms. The molecule has 2 rings (SSSR count). The highest BCUT2D eigenvalue weighted by Gasteiger charge is 2.23. The third kappa shape index (κ3) is 3.55. The minimum absolute atomic E-state index is 0.184. The van der Waals surface area contributed by atoms with Crippen LogP contribution in [0.4, 0.5) is 0 Å². The van der Waals surface area contributed by atoms with Gasteiger partial charge in [-0.05, 0) is 24.5 Å². The molecule has 1 aromatic carbocycles. The van der Waals surface area contributed by atoms with E-state index in [1.54, 1.807) is 0 Å². The second-order valence-corrected chi connectivity index (χ2v) is 5.17. The van der Waals surface area contributed by atoms with Crippen molar-refractivity contribution in [2.45, 2.75) is 39.0 Å². The van der Waals surface area contributed by atoms with E-state index in [4.69, 9.17) is 10.5 Å². The molecule has 1 aliphatic rings. The van der Waals surface area contributed by atoms with Crippen molar-refractivity contribution >= 4 is 0 Å². The molecule has 0 saturated carbocycles. The van der Waals surface area contributed by atoms with Crippen molar-refractivity contribution in [1.82, 2.24) is 4.90 Å². The molecular weight excluding hydrogens is 224 g/mol. The molecule has 0 radical (unpaired) electrons. The molecule has 1 fully saturated rings. The Kier molecular flexibility index (Phi) is 4.75. The van der Waals surface area contributed by atoms with Crippen LogP contribution >= 0.6 is 0 Å². The fraction of sp³-hybridized carbons (Fsp3) is 0.600. The summed E-state index contributed by atoms with van der Waals surface area (Å²) in [4.78, 5) is 2.44. The number of hydrogen-bond acceptors (Lipinski definition) is 3. The Morgan fingerprint density at radius 2 is 1.89 bits per heavy atom. The smallest absolute Gasteiger partial charge is 0.0828 e. The third-order valence-electron chi connectivity index (χ3n) is 3.50. The molecule has 0 aliphatic carbocycles. The molecule has 2 unspecified atom stereocenters. The van der Waals surface area contributed by atoms with Crippen LogP contribution in [-0.4, -0.2) is 36.7 Å². The maximum Gasteiger partial charge on any atom is 0.0828 e. The first-order valence-corrected chi connectivity index (χ1v) is 6.87. The van der Waals surface area contributed by atoms with E-state index in [9.17, 15) is 0 Å². The second-order valence-electron chi connectivity index (χ2n) is 5.17. The average Bonchev–Trinajstić information content (AvgIpc) is 2.39. The number of morpholine rings is 1. The minimum Gasteiger partial charge on any atom is -0.371 e. The topological polar surface area (TPSA) is 38.5 Å². The van der Waals surface area contributed by atoms with Crippen molar-refractivity contribution in [3.63, 3.8) is 0 Å². The largest absolute Gasteiger partial charge is 0.371 e. The summed E-state index contributed by atoms with van der Waals surface area (Å²) in [5.41, 5.74) is 8.48. The van der Waals surface area contributed by atoms with E-state index in [1.165, 1.54) is 11.1 Å². The van der Waals surface area contributed by atoms with Crippen LogP contribution in [-0.2, 0) is 17.7 Å². The lowest BCUT2D eigenvalue weighted by atomic mass is 10.1. The monoisotopic (exact) mass is 248 g/mol. The van der Waals surface area contributed by atoms with E-state index in [1.807, 2.05) is 0 Å². The van der Waals surface area contributed by atoms with Crippen molar-refractivity contribution in [1.29, 1.82) is 0 Å². The van der Waals surface area contributed by atoms with Crippen molar-refractivity contribution in [3.05, 3.63) is 35.4 Å². The first-order chi connectivity index (χ1) is 8.71. The van der Waals surface area contributed by atoms with Gasteiger partial charge in [-0.3, -0.25) is 4.90 Å². The first kappa shape index (κ1) is 13.5. The van der Waals surface area contributed by atoms with Gasteiger partial charge in [-0.1, -0.05) is 31.2 Å². The SMILES string of the molecule is CCc1ccc(CN2CC(C)OC(CN)C2)cc1. The third-order valence-corrected chi connectivity index (χ3v) is 3.50. The lowest BCUT2D eigenvalue weighted by Gasteiger charge is -2.36. The molecule has 100 valence electrons. The fourth-order valence-electron chi connectivity index (χ4n) is 2.54. The van der Waals surface area contributed by atoms with Crippen LogP contribution in [0.5, 0.6) is 0 Å². The molecule has 1 heterocycles. The minimum atomic E-state index is 0.184. The highest BCUT2D eigenvalue weighted by Crippen LogP contribution is 2.14. The van der Waals surface area contributed by atoms with Crippen molar-refractivity contribution in [2.24, 2.45) is 5.73 Å². The molecule has 3 heteroatoms. The predicted molar refractivity (Wildman–Crippen MR) is 74.5 cm³/mol. The van der Waals surface area contributed by atoms with Crippen LogP contribution in [0.3, 0.4) is 0 Å². The zero-order valence-corrected chi connectivity index (χ0v) is 11.4. The summed E-state index contributed by atoms with van der Waals surface area (Å²) >= 11 is 0. The molecule has 1 aliphatic heterocycles. The molecule has 18 heavy (non-hydrogen) atoms. The zero-order valence-electron chi connectivity index (χ0n) is 11.4. The quantitative estimate of drug-likeness (QED) is 0.883. The van der Waals surface area contributed by atoms with Crippen LogP contribution in [0, 0.1) is 0 Å². The van der Waals surface area contributed by atoms with Gasteiger partial charge in [-0.15, -0.1) is 0 Å². The maximum absolute atomic E-state index is 5.77. The summed E-state index contributed by atoms with van der Waals surface area (Å²) in [5, 5.41) is 0. The summed E-state index contributed by atoms with van der Waals surface area (Å²) in [6, 6.07) is 8.91. The van der Waals surface area contributed by atoms with Crippen molar-refractivity contribution in [3.8, 4) is 0 Å². The van der Waals surface area contributed by atoms with Crippen LogP contribution in [0.1, 0.15) is 25.0 Å². The van der Waals surface area contributed by atoms with E-state index in [0.29, 0.717) is 6.54 Å². The fourth-order valence-corrected chi connectivity index (χ4v) is 2.54. The molecule has 2 atom stereocenters. The van der Waals surface area contributed by atoms with Crippen LogP contribution in [0.25, 0.3) is 0 Å². The standard InChI is InChI=1S/C15H24N2O/c1-3-13-4-6-14(7-5-13)10-17-9-12(2)18-15(8-16)11-17/h4-7,12,15H,3,8-11,16H2,1-2H3. The Hall–Kier alpha value is -0.900. The highest BCUT2D eigenvalue weighted by molar-refractivity contribution is 5.22. The van der Waals surface area contributed by atoms with Gasteiger partial charge in [0.2, 0.25) is 0 Å². The maximum atomic E-state index is 5.77. The van der Waals surface area contributed by atoms with E-state index in [2.05, 4.69) is 43.0 Å². The summed E-state index contributed by atoms with van der Waals surface area (Å²) in [6.45, 7) is 7.84. The number of hydrogen-bond donors (Lipinski definition) is 1. The number of aryl methyl sites for hydroxylation is 1. The van der Waals surface area contributed by atoms with Gasteiger partial charge in [0.15, 0.2) is 0 Å². The Morgan fingerprint density at radius 3 is 2.50 bits per heavy atom. The lowest BCUT2D eigenvalue weighted by Crippen LogP contribution is -2.48. The Labute approximate surface area is 110 Å². The number of ether oxygens (including phenoxy) is 1. The molecule has 1 saturated heterocycles. The molecule has 0 bridgehead atoms. The second kappa shape index (κ2) is 6.32. The molecule has 2 N–H and O–H groups in total. The van der Waals surface area contributed by atoms with Gasteiger partial charge >= 0.3 is 0 Å². The summed E-state index contributed by atoms with van der Waals surface area (Å²) in [7, 11) is 0. The Balaban J connectivity index is 1.95. The van der Waals surface area contributed by atoms with Crippen molar-refractivity contribution < 1.29 is 4.74 Å². The van der Waals surface area contributed by atoms with Crippen molar-refractivity contribution in [2.75, 3.05) is 19.6 Å². The molecular formula is C15H24N2O. The summed E-state index contributed by atoms with van der Waals surface area (Å²) in [5.74, 6) is 0. The van der Waals surface area contributed by atoms with Gasteiger partial charge in [-0.2, -0.15) is 0 Å². The lowest BCUT2D eigenvalue weighted by molar-refractivity contribution is -0.0745. The first-order valence-electron chi connectivity index (χ1n) is 6.87. The van der Waals surface area contributed by atoms with Crippen LogP contribution < -0.4 is 5.73 Å². The van der Waals surface area contributed by atoms with Gasteiger partial charge in [0.25, 0.3) is 0 Å². The predicted octanol–water partition coefficient (Wildman–Crippen LogP) is 1.80. The van der Waals surface area contributed by atoms with E-state index in [-0.39, 0.29) is 12.2 Å². The normalized spacial score (nSPS) is 25.3. The molecule has 0 aromatic heterocycles. The van der Waals surface area contributed by atoms with Crippen LogP contribution in [0.2, 0.25) is 0 Å². The number of nitrogens with two attached hydrogens (primary N) is 1. The van der Waals surface area contributed by atoms with Gasteiger partial charge in [0.1, 0.15) is 0 Å². The van der Waals surface area contributed by atoms with Gasteiger partial charge in [0, 0.05) is 26.2 Å². The van der Waals surface area contributed by atoms with Gasteiger partial charge in [-0.25, -0.2) is 0 Å². The van der Waals surface area contributed by atoms with Gasteiger partial charge in [0.05, 0.1) is 12.2 Å². The van der Waals surface area contributed by atoms with E-state index < -0.39 is 0 Å². The van der Waals surface area contributed by atoms with Gasteiger partial charge < -0.3 is 10.5 Å². The highest BCUT2D eigenvalue weighted by atomic mass is 16.5. The Morgan fingerprint density at radius 1 is 1.22 bits per heavy atom. The number of rotatable bonds is 4. The van der Waals surface area contributed by atoms with Crippen LogP contribution in [0.15, 0.2) is 24.3 Å². The van der Waals surface area contributed by atoms with E-state index >= 15 is 0 Å². The van der Waals surface area contributed by atoms with E-state index in [0.717, 1.165) is 26.1 Å². The molecule has 0 amide bonds. The summed E-state index contributed by atoms with van der Waals surface area (Å²) < 4.78 is 5.77.